The van der Waals surface area contributed by atoms with E-state index in [-0.39, 0.29) is 24.1 Å². The number of hydrogen-bond acceptors (Lipinski definition) is 6. The van der Waals surface area contributed by atoms with Crippen molar-refractivity contribution in [2.75, 3.05) is 19.6 Å². The van der Waals surface area contributed by atoms with E-state index in [1.165, 1.54) is 0 Å². The normalized spacial score (nSPS) is 18.8. The van der Waals surface area contributed by atoms with Gasteiger partial charge in [0.15, 0.2) is 0 Å². The van der Waals surface area contributed by atoms with Crippen LogP contribution in [0, 0.1) is 0 Å². The van der Waals surface area contributed by atoms with Gasteiger partial charge in [0, 0.05) is 32.3 Å². The van der Waals surface area contributed by atoms with Gasteiger partial charge < -0.3 is 0 Å². The van der Waals surface area contributed by atoms with Crippen molar-refractivity contribution >= 4 is 52.5 Å². The van der Waals surface area contributed by atoms with Crippen molar-refractivity contribution in [1.82, 2.24) is 25.2 Å². The number of carbonyl (C=O) groups excluding carboxylic acids is 4. The minimum atomic E-state index is -0.781. The van der Waals surface area contributed by atoms with Gasteiger partial charge in [0.1, 0.15) is 0 Å². The van der Waals surface area contributed by atoms with Crippen molar-refractivity contribution in [2.45, 2.75) is 19.4 Å². The van der Waals surface area contributed by atoms with E-state index in [0.29, 0.717) is 28.8 Å². The summed E-state index contributed by atoms with van der Waals surface area (Å²) in [4.78, 5) is 55.9. The third-order valence-corrected chi connectivity index (χ3v) is 6.84. The van der Waals surface area contributed by atoms with Crippen LogP contribution in [0.25, 0.3) is 5.57 Å². The number of fused-ring (bicyclic) bond motifs is 1. The molecule has 3 aliphatic heterocycles. The number of urea groups is 1. The molecule has 0 bridgehead atoms. The summed E-state index contributed by atoms with van der Waals surface area (Å²) in [6.45, 7) is 1.97. The number of nitrogens with zero attached hydrogens (tertiary/aromatic N) is 4. The highest BCUT2D eigenvalue weighted by Gasteiger charge is 2.43. The predicted octanol–water partition coefficient (Wildman–Crippen LogP) is 3.13. The van der Waals surface area contributed by atoms with Gasteiger partial charge in [-0.2, -0.15) is 5.01 Å². The van der Waals surface area contributed by atoms with E-state index < -0.39 is 23.8 Å². The van der Waals surface area contributed by atoms with E-state index in [2.05, 4.69) is 21.3 Å². The molecule has 0 atom stereocenters. The largest absolute Gasteiger partial charge is 0.343 e. The molecule has 0 unspecified atom stereocenters. The molecule has 3 aliphatic rings. The third-order valence-electron chi connectivity index (χ3n) is 6.05. The quantitative estimate of drug-likeness (QED) is 0.648. The molecule has 1 fully saturated rings. The summed E-state index contributed by atoms with van der Waals surface area (Å²) in [6.07, 6.45) is 4.46. The van der Waals surface area contributed by atoms with Crippen LogP contribution >= 0.6 is 23.2 Å². The fourth-order valence-corrected chi connectivity index (χ4v) is 4.69. The van der Waals surface area contributed by atoms with Crippen LogP contribution in [0.1, 0.15) is 44.8 Å². The number of aromatic nitrogens is 1. The maximum Gasteiger partial charge on any atom is 0.343 e. The summed E-state index contributed by atoms with van der Waals surface area (Å²) in [5.74, 6) is -1.59. The van der Waals surface area contributed by atoms with Gasteiger partial charge in [-0.25, -0.2) is 9.80 Å². The van der Waals surface area contributed by atoms with Crippen molar-refractivity contribution in [2.24, 2.45) is 0 Å². The summed E-state index contributed by atoms with van der Waals surface area (Å²) < 4.78 is 0. The Morgan fingerprint density at radius 1 is 0.971 bits per heavy atom. The molecule has 0 saturated carbocycles. The first-order chi connectivity index (χ1) is 16.3. The van der Waals surface area contributed by atoms with Crippen molar-refractivity contribution in [3.05, 3.63) is 69.0 Å². The van der Waals surface area contributed by atoms with Gasteiger partial charge in [-0.1, -0.05) is 35.3 Å². The molecular weight excluding hydrogens is 481 g/mol. The Hall–Kier alpha value is -3.27. The fourth-order valence-electron chi connectivity index (χ4n) is 4.31. The van der Waals surface area contributed by atoms with Crippen molar-refractivity contribution in [3.8, 4) is 0 Å². The summed E-state index contributed by atoms with van der Waals surface area (Å²) in [5, 5.41) is 4.84. The molecule has 5 rings (SSSR count). The highest BCUT2D eigenvalue weighted by molar-refractivity contribution is 6.42. The Kier molecular flexibility index (Phi) is 5.85. The standard InChI is InChI=1S/C23H19Cl2N5O4/c24-17-3-7-26-20(19(17)25)14-4-8-28(9-5-14)12-13-1-2-15-16(11-13)22(33)30(21(15)32)29-10-6-18(31)27-23(29)34/h1-4,7,11H,5-6,8-10,12H2,(H,27,31,34). The number of nitrogens with one attached hydrogen (secondary N) is 1. The number of hydrazine groups is 1. The van der Waals surface area contributed by atoms with Crippen LogP contribution in [-0.2, 0) is 11.3 Å². The SMILES string of the molecule is O=C1CCN(N2C(=O)c3ccc(CN4CC=C(c5nccc(Cl)c5Cl)CC4)cc3C2=O)C(=O)N1. The molecule has 1 saturated heterocycles. The third kappa shape index (κ3) is 3.96. The maximum absolute atomic E-state index is 13.0. The van der Waals surface area contributed by atoms with Gasteiger partial charge in [0.2, 0.25) is 5.91 Å². The zero-order chi connectivity index (χ0) is 24.0. The van der Waals surface area contributed by atoms with E-state index in [0.717, 1.165) is 34.1 Å². The number of carbonyl (C=O) groups is 4. The molecule has 174 valence electrons. The second-order valence-electron chi connectivity index (χ2n) is 8.20. The van der Waals surface area contributed by atoms with Gasteiger partial charge in [0.05, 0.1) is 33.4 Å². The zero-order valence-corrected chi connectivity index (χ0v) is 19.4. The van der Waals surface area contributed by atoms with Crippen molar-refractivity contribution < 1.29 is 19.2 Å². The van der Waals surface area contributed by atoms with E-state index in [1.54, 1.807) is 24.4 Å². The average Bonchev–Trinajstić information content (AvgIpc) is 3.06. The molecule has 11 heteroatoms. The van der Waals surface area contributed by atoms with E-state index >= 15 is 0 Å². The first-order valence-corrected chi connectivity index (χ1v) is 11.4. The van der Waals surface area contributed by atoms with E-state index in [4.69, 9.17) is 23.2 Å². The highest BCUT2D eigenvalue weighted by Crippen LogP contribution is 2.32. The molecule has 5 amide bonds. The molecule has 0 aliphatic carbocycles. The van der Waals surface area contributed by atoms with Crippen LogP contribution in [-0.4, -0.2) is 63.3 Å². The summed E-state index contributed by atoms with van der Waals surface area (Å²) in [7, 11) is 0. The molecule has 1 N–H and O–H groups in total. The number of amides is 5. The van der Waals surface area contributed by atoms with Crippen LogP contribution < -0.4 is 5.32 Å². The van der Waals surface area contributed by atoms with Gasteiger partial charge in [-0.3, -0.25) is 29.6 Å². The van der Waals surface area contributed by atoms with E-state index in [9.17, 15) is 19.2 Å². The Bertz CT molecular complexity index is 1280. The second-order valence-corrected chi connectivity index (χ2v) is 8.98. The molecule has 4 heterocycles. The molecule has 1 aromatic heterocycles. The number of rotatable bonds is 4. The number of hydrogen-bond donors (Lipinski definition) is 1. The van der Waals surface area contributed by atoms with Crippen LogP contribution in [0.4, 0.5) is 4.79 Å². The van der Waals surface area contributed by atoms with E-state index in [1.807, 2.05) is 6.07 Å². The number of benzene rings is 1. The minimum absolute atomic E-state index is 0.0186. The Morgan fingerprint density at radius 2 is 1.76 bits per heavy atom. The van der Waals surface area contributed by atoms with Gasteiger partial charge in [0.25, 0.3) is 11.8 Å². The Labute approximate surface area is 204 Å². The fraction of sp³-hybridized carbons (Fsp3) is 0.261. The van der Waals surface area contributed by atoms with Crippen molar-refractivity contribution in [3.63, 3.8) is 0 Å². The van der Waals surface area contributed by atoms with Crippen molar-refractivity contribution in [1.29, 1.82) is 0 Å². The van der Waals surface area contributed by atoms with Gasteiger partial charge in [-0.05, 0) is 35.8 Å². The maximum atomic E-state index is 13.0. The summed E-state index contributed by atoms with van der Waals surface area (Å²) in [5.41, 5.74) is 3.08. The smallest absolute Gasteiger partial charge is 0.295 e. The highest BCUT2D eigenvalue weighted by atomic mass is 35.5. The predicted molar refractivity (Wildman–Crippen MR) is 124 cm³/mol. The molecule has 9 nitrogen and oxygen atoms in total. The molecular formula is C23H19Cl2N5O4. The number of imide groups is 2. The monoisotopic (exact) mass is 499 g/mol. The number of halogens is 2. The minimum Gasteiger partial charge on any atom is -0.295 e. The number of pyridine rings is 1. The lowest BCUT2D eigenvalue weighted by atomic mass is 10.0. The first kappa shape index (κ1) is 22.5. The average molecular weight is 500 g/mol. The first-order valence-electron chi connectivity index (χ1n) is 10.7. The zero-order valence-electron chi connectivity index (χ0n) is 17.9. The van der Waals surface area contributed by atoms with Crippen LogP contribution in [0.3, 0.4) is 0 Å². The molecule has 1 aromatic carbocycles. The lowest BCUT2D eigenvalue weighted by Crippen LogP contribution is -2.58. The molecule has 0 radical (unpaired) electrons. The molecule has 34 heavy (non-hydrogen) atoms. The lowest BCUT2D eigenvalue weighted by molar-refractivity contribution is -0.122. The summed E-state index contributed by atoms with van der Waals surface area (Å²) >= 11 is 12.4. The van der Waals surface area contributed by atoms with Gasteiger partial charge in [-0.15, -0.1) is 0 Å². The lowest BCUT2D eigenvalue weighted by Gasteiger charge is -2.32. The van der Waals surface area contributed by atoms with Crippen LogP contribution in [0.2, 0.25) is 10.0 Å². The van der Waals surface area contributed by atoms with Crippen LogP contribution in [0.5, 0.6) is 0 Å². The molecule has 2 aromatic rings. The topological polar surface area (TPSA) is 103 Å². The molecule has 0 spiro atoms. The second kappa shape index (κ2) is 8.83. The Balaban J connectivity index is 1.30. The van der Waals surface area contributed by atoms with Crippen LogP contribution in [0.15, 0.2) is 36.5 Å². The summed E-state index contributed by atoms with van der Waals surface area (Å²) in [6, 6.07) is 5.98. The van der Waals surface area contributed by atoms with Gasteiger partial charge >= 0.3 is 6.03 Å². The Morgan fingerprint density at radius 3 is 2.50 bits per heavy atom.